The van der Waals surface area contributed by atoms with Crippen LogP contribution in [0.3, 0.4) is 0 Å². The van der Waals surface area contributed by atoms with Crippen molar-refractivity contribution in [3.8, 4) is 11.4 Å². The minimum atomic E-state index is -0.174. The number of aryl methyl sites for hydroxylation is 1. The van der Waals surface area contributed by atoms with Crippen molar-refractivity contribution in [2.45, 2.75) is 25.5 Å². The molecule has 0 saturated carbocycles. The van der Waals surface area contributed by atoms with Gasteiger partial charge in [-0.2, -0.15) is 0 Å². The molecule has 4 rings (SSSR count). The van der Waals surface area contributed by atoms with Gasteiger partial charge in [-0.25, -0.2) is 0 Å². The Morgan fingerprint density at radius 1 is 0.909 bits per heavy atom. The van der Waals surface area contributed by atoms with Crippen LogP contribution in [-0.4, -0.2) is 32.2 Å². The molecule has 0 radical (unpaired) electrons. The van der Waals surface area contributed by atoms with Gasteiger partial charge < -0.3 is 9.88 Å². The quantitative estimate of drug-likeness (QED) is 0.290. The second-order valence-corrected chi connectivity index (χ2v) is 8.48. The van der Waals surface area contributed by atoms with E-state index in [4.69, 9.17) is 0 Å². The van der Waals surface area contributed by atoms with Gasteiger partial charge in [0.2, 0.25) is 5.91 Å². The van der Waals surface area contributed by atoms with Crippen LogP contribution in [0.2, 0.25) is 0 Å². The van der Waals surface area contributed by atoms with Gasteiger partial charge in [0.25, 0.3) is 0 Å². The van der Waals surface area contributed by atoms with E-state index < -0.39 is 0 Å². The Labute approximate surface area is 197 Å². The van der Waals surface area contributed by atoms with E-state index in [1.807, 2.05) is 54.8 Å². The highest BCUT2D eigenvalue weighted by molar-refractivity contribution is 7.99. The molecule has 166 valence electrons. The Kier molecular flexibility index (Phi) is 7.00. The number of benzene rings is 3. The van der Waals surface area contributed by atoms with Gasteiger partial charge in [0.1, 0.15) is 0 Å². The van der Waals surface area contributed by atoms with Crippen molar-refractivity contribution in [3.63, 3.8) is 0 Å². The number of rotatable bonds is 8. The second kappa shape index (κ2) is 10.3. The minimum absolute atomic E-state index is 0.0826. The third-order valence-corrected chi connectivity index (χ3v) is 6.05. The van der Waals surface area contributed by atoms with Crippen LogP contribution < -0.4 is 5.32 Å². The van der Waals surface area contributed by atoms with Crippen molar-refractivity contribution in [2.75, 3.05) is 11.1 Å². The van der Waals surface area contributed by atoms with Crippen LogP contribution in [0, 0.1) is 6.92 Å². The Morgan fingerprint density at radius 2 is 1.67 bits per heavy atom. The fourth-order valence-corrected chi connectivity index (χ4v) is 4.30. The highest BCUT2D eigenvalue weighted by atomic mass is 32.2. The van der Waals surface area contributed by atoms with Crippen molar-refractivity contribution in [1.82, 2.24) is 14.8 Å². The first kappa shape index (κ1) is 22.5. The van der Waals surface area contributed by atoms with Crippen molar-refractivity contribution in [2.24, 2.45) is 0 Å². The zero-order valence-electron chi connectivity index (χ0n) is 18.5. The van der Waals surface area contributed by atoms with E-state index in [9.17, 15) is 9.59 Å². The standard InChI is InChI=1S/C26H24N4O2S/c1-3-30-25(21-13-7-9-18(2)15-21)28-29-26(30)33-17-23(31)27-22-14-8-12-20(16-22)24(32)19-10-5-4-6-11-19/h4-16H,3,17H2,1-2H3,(H,27,31). The monoisotopic (exact) mass is 456 g/mol. The largest absolute Gasteiger partial charge is 0.325 e. The van der Waals surface area contributed by atoms with Crippen LogP contribution in [0.25, 0.3) is 11.4 Å². The van der Waals surface area contributed by atoms with Gasteiger partial charge in [0, 0.05) is 28.9 Å². The van der Waals surface area contributed by atoms with Gasteiger partial charge in [-0.3, -0.25) is 9.59 Å². The van der Waals surface area contributed by atoms with Crippen LogP contribution in [-0.2, 0) is 11.3 Å². The summed E-state index contributed by atoms with van der Waals surface area (Å²) in [7, 11) is 0. The van der Waals surface area contributed by atoms with E-state index in [1.165, 1.54) is 11.8 Å². The third-order valence-electron chi connectivity index (χ3n) is 5.09. The van der Waals surface area contributed by atoms with Crippen LogP contribution in [0.5, 0.6) is 0 Å². The van der Waals surface area contributed by atoms with Crippen molar-refractivity contribution in [1.29, 1.82) is 0 Å². The molecule has 4 aromatic rings. The van der Waals surface area contributed by atoms with Gasteiger partial charge >= 0.3 is 0 Å². The molecular formula is C26H24N4O2S. The Hall–Kier alpha value is -3.71. The molecule has 33 heavy (non-hydrogen) atoms. The normalized spacial score (nSPS) is 10.7. The van der Waals surface area contributed by atoms with Crippen LogP contribution in [0.15, 0.2) is 84.0 Å². The molecule has 0 spiro atoms. The number of nitrogens with zero attached hydrogens (tertiary/aromatic N) is 3. The average molecular weight is 457 g/mol. The summed E-state index contributed by atoms with van der Waals surface area (Å²) in [5.41, 5.74) is 3.88. The Bertz CT molecular complexity index is 1280. The molecule has 0 saturated heterocycles. The number of carbonyl (C=O) groups excluding carboxylic acids is 2. The van der Waals surface area contributed by atoms with Crippen LogP contribution >= 0.6 is 11.8 Å². The van der Waals surface area contributed by atoms with E-state index in [0.717, 1.165) is 17.0 Å². The lowest BCUT2D eigenvalue weighted by atomic mass is 10.0. The maximum atomic E-state index is 12.7. The SMILES string of the molecule is CCn1c(SCC(=O)Nc2cccc(C(=O)c3ccccc3)c2)nnc1-c1cccc(C)c1. The zero-order valence-corrected chi connectivity index (χ0v) is 19.3. The van der Waals surface area contributed by atoms with E-state index >= 15 is 0 Å². The molecule has 1 N–H and O–H groups in total. The van der Waals surface area contributed by atoms with Crippen LogP contribution in [0.1, 0.15) is 28.4 Å². The predicted molar refractivity (Wildman–Crippen MR) is 132 cm³/mol. The van der Waals surface area contributed by atoms with Gasteiger partial charge in [-0.15, -0.1) is 10.2 Å². The summed E-state index contributed by atoms with van der Waals surface area (Å²) in [6, 6.07) is 24.2. The molecule has 6 nitrogen and oxygen atoms in total. The lowest BCUT2D eigenvalue weighted by molar-refractivity contribution is -0.113. The molecule has 1 amide bonds. The number of anilines is 1. The first-order valence-electron chi connectivity index (χ1n) is 10.7. The Balaban J connectivity index is 1.42. The summed E-state index contributed by atoms with van der Waals surface area (Å²) < 4.78 is 2.01. The minimum Gasteiger partial charge on any atom is -0.325 e. The smallest absolute Gasteiger partial charge is 0.234 e. The summed E-state index contributed by atoms with van der Waals surface area (Å²) >= 11 is 1.34. The Morgan fingerprint density at radius 3 is 2.42 bits per heavy atom. The summed E-state index contributed by atoms with van der Waals surface area (Å²) in [5.74, 6) is 0.715. The van der Waals surface area contributed by atoms with Crippen molar-refractivity contribution in [3.05, 3.63) is 95.6 Å². The van der Waals surface area contributed by atoms with E-state index in [-0.39, 0.29) is 17.4 Å². The van der Waals surface area contributed by atoms with Gasteiger partial charge in [0.05, 0.1) is 5.75 Å². The summed E-state index contributed by atoms with van der Waals surface area (Å²) in [6.45, 7) is 4.77. The summed E-state index contributed by atoms with van der Waals surface area (Å²) in [6.07, 6.45) is 0. The molecule has 0 unspecified atom stereocenters. The highest BCUT2D eigenvalue weighted by Gasteiger charge is 2.15. The molecular weight excluding hydrogens is 432 g/mol. The molecule has 0 fully saturated rings. The van der Waals surface area contributed by atoms with Gasteiger partial charge in [0.15, 0.2) is 16.8 Å². The van der Waals surface area contributed by atoms with Gasteiger partial charge in [-0.1, -0.05) is 78.0 Å². The molecule has 1 heterocycles. The number of carbonyl (C=O) groups is 2. The van der Waals surface area contributed by atoms with E-state index in [1.54, 1.807) is 36.4 Å². The average Bonchev–Trinajstić information content (AvgIpc) is 3.26. The number of hydrogen-bond acceptors (Lipinski definition) is 5. The molecule has 0 aliphatic carbocycles. The molecule has 1 aromatic heterocycles. The van der Waals surface area contributed by atoms with E-state index in [2.05, 4.69) is 21.6 Å². The van der Waals surface area contributed by atoms with Crippen molar-refractivity contribution >= 4 is 29.1 Å². The number of ketones is 1. The molecule has 0 bridgehead atoms. The fraction of sp³-hybridized carbons (Fsp3) is 0.154. The third kappa shape index (κ3) is 5.38. The first-order valence-corrected chi connectivity index (χ1v) is 11.7. The maximum absolute atomic E-state index is 12.7. The molecule has 0 aliphatic rings. The highest BCUT2D eigenvalue weighted by Crippen LogP contribution is 2.25. The van der Waals surface area contributed by atoms with Crippen molar-refractivity contribution < 1.29 is 9.59 Å². The number of aromatic nitrogens is 3. The van der Waals surface area contributed by atoms with Crippen LogP contribution in [0.4, 0.5) is 5.69 Å². The number of hydrogen-bond donors (Lipinski definition) is 1. The molecule has 0 aliphatic heterocycles. The number of thioether (sulfide) groups is 1. The second-order valence-electron chi connectivity index (χ2n) is 7.53. The van der Waals surface area contributed by atoms with Gasteiger partial charge in [-0.05, 0) is 32.0 Å². The zero-order chi connectivity index (χ0) is 23.2. The molecule has 3 aromatic carbocycles. The fourth-order valence-electron chi connectivity index (χ4n) is 3.50. The summed E-state index contributed by atoms with van der Waals surface area (Å²) in [5, 5.41) is 12.2. The molecule has 7 heteroatoms. The maximum Gasteiger partial charge on any atom is 0.234 e. The topological polar surface area (TPSA) is 76.9 Å². The lowest BCUT2D eigenvalue weighted by Gasteiger charge is -2.09. The summed E-state index contributed by atoms with van der Waals surface area (Å²) in [4.78, 5) is 25.3. The lowest BCUT2D eigenvalue weighted by Crippen LogP contribution is -2.15. The first-order chi connectivity index (χ1) is 16.0. The molecule has 0 atom stereocenters. The number of amides is 1. The number of nitrogens with one attached hydrogen (secondary N) is 1. The predicted octanol–water partition coefficient (Wildman–Crippen LogP) is 5.24. The van der Waals surface area contributed by atoms with E-state index in [0.29, 0.717) is 28.5 Å².